The summed E-state index contributed by atoms with van der Waals surface area (Å²) < 4.78 is 5.82. The maximum absolute atomic E-state index is 10.1. The van der Waals surface area contributed by atoms with Crippen molar-refractivity contribution in [3.63, 3.8) is 0 Å². The normalized spacial score (nSPS) is 31.7. The molecule has 0 bridgehead atoms. The Bertz CT molecular complexity index is 352. The molecule has 0 aromatic heterocycles. The van der Waals surface area contributed by atoms with E-state index in [2.05, 4.69) is 6.92 Å². The van der Waals surface area contributed by atoms with Gasteiger partial charge >= 0.3 is 0 Å². The lowest BCUT2D eigenvalue weighted by Crippen LogP contribution is -2.30. The zero-order chi connectivity index (χ0) is 13.0. The highest BCUT2D eigenvalue weighted by atomic mass is 16.5. The molecule has 4 atom stereocenters. The van der Waals surface area contributed by atoms with E-state index in [9.17, 15) is 10.2 Å². The molecule has 3 heteroatoms. The number of hydrogen-bond donors (Lipinski definition) is 2. The highest BCUT2D eigenvalue weighted by Crippen LogP contribution is 2.35. The minimum absolute atomic E-state index is 0.239. The molecular weight excluding hydrogens is 228 g/mol. The van der Waals surface area contributed by atoms with Crippen LogP contribution in [0.3, 0.4) is 0 Å². The van der Waals surface area contributed by atoms with Gasteiger partial charge in [0, 0.05) is 0 Å². The van der Waals surface area contributed by atoms with E-state index in [0.717, 1.165) is 31.2 Å². The van der Waals surface area contributed by atoms with Crippen LogP contribution in [0.15, 0.2) is 30.3 Å². The van der Waals surface area contributed by atoms with Crippen LogP contribution < -0.4 is 0 Å². The molecule has 1 aromatic carbocycles. The summed E-state index contributed by atoms with van der Waals surface area (Å²) >= 11 is 0. The summed E-state index contributed by atoms with van der Waals surface area (Å²) in [6, 6.07) is 9.62. The highest BCUT2D eigenvalue weighted by molar-refractivity contribution is 5.20. The van der Waals surface area contributed by atoms with Gasteiger partial charge in [-0.05, 0) is 12.0 Å². The molecule has 2 N–H and O–H groups in total. The fraction of sp³-hybridized carbons (Fsp3) is 0.600. The van der Waals surface area contributed by atoms with Gasteiger partial charge in [-0.1, -0.05) is 56.5 Å². The summed E-state index contributed by atoms with van der Waals surface area (Å²) in [5.74, 6) is 0. The Labute approximate surface area is 108 Å². The molecule has 0 spiro atoms. The first kappa shape index (κ1) is 13.5. The van der Waals surface area contributed by atoms with Gasteiger partial charge < -0.3 is 14.9 Å². The van der Waals surface area contributed by atoms with E-state index < -0.39 is 18.3 Å². The van der Waals surface area contributed by atoms with Crippen LogP contribution in [0.5, 0.6) is 0 Å². The third kappa shape index (κ3) is 2.91. The molecule has 1 fully saturated rings. The molecule has 100 valence electrons. The molecule has 0 aliphatic carbocycles. The summed E-state index contributed by atoms with van der Waals surface area (Å²) in [6.45, 7) is 2.15. The summed E-state index contributed by atoms with van der Waals surface area (Å²) in [7, 11) is 0. The second kappa shape index (κ2) is 6.32. The molecule has 0 saturated carbocycles. The topological polar surface area (TPSA) is 49.7 Å². The zero-order valence-corrected chi connectivity index (χ0v) is 10.8. The summed E-state index contributed by atoms with van der Waals surface area (Å²) in [4.78, 5) is 0. The van der Waals surface area contributed by atoms with Gasteiger partial charge in [-0.15, -0.1) is 0 Å². The van der Waals surface area contributed by atoms with Crippen molar-refractivity contribution in [1.82, 2.24) is 0 Å². The maximum atomic E-state index is 10.1. The standard InChI is InChI=1S/C15H22O3/c1-2-3-5-10-12-13(16)14(17)15(18-12)11-8-6-4-7-9-11/h4,6-9,12-17H,2-3,5,10H2,1H3/t12-,13+,14-,15+/m0/s1. The first-order valence-electron chi connectivity index (χ1n) is 6.80. The van der Waals surface area contributed by atoms with Gasteiger partial charge in [0.15, 0.2) is 0 Å². The Hall–Kier alpha value is -0.900. The smallest absolute Gasteiger partial charge is 0.113 e. The molecule has 2 rings (SSSR count). The molecule has 1 aliphatic heterocycles. The van der Waals surface area contributed by atoms with Crippen LogP contribution in [-0.2, 0) is 4.74 Å². The minimum atomic E-state index is -0.820. The van der Waals surface area contributed by atoms with Crippen LogP contribution in [0.1, 0.15) is 44.3 Å². The highest BCUT2D eigenvalue weighted by Gasteiger charge is 2.42. The molecule has 1 aliphatic rings. The van der Waals surface area contributed by atoms with Gasteiger partial charge in [0.25, 0.3) is 0 Å². The van der Waals surface area contributed by atoms with Crippen LogP contribution in [0, 0.1) is 0 Å². The predicted molar refractivity (Wildman–Crippen MR) is 70.2 cm³/mol. The van der Waals surface area contributed by atoms with Crippen molar-refractivity contribution in [2.75, 3.05) is 0 Å². The minimum Gasteiger partial charge on any atom is -0.388 e. The first-order chi connectivity index (χ1) is 8.74. The van der Waals surface area contributed by atoms with Crippen molar-refractivity contribution < 1.29 is 14.9 Å². The Morgan fingerprint density at radius 2 is 1.78 bits per heavy atom. The summed E-state index contributed by atoms with van der Waals surface area (Å²) in [5, 5.41) is 20.1. The number of rotatable bonds is 5. The van der Waals surface area contributed by atoms with Crippen molar-refractivity contribution in [3.8, 4) is 0 Å². The van der Waals surface area contributed by atoms with Gasteiger partial charge in [0.05, 0.1) is 6.10 Å². The molecule has 0 unspecified atom stereocenters. The quantitative estimate of drug-likeness (QED) is 0.789. The van der Waals surface area contributed by atoms with E-state index in [-0.39, 0.29) is 6.10 Å². The van der Waals surface area contributed by atoms with Crippen LogP contribution in [-0.4, -0.2) is 28.5 Å². The van der Waals surface area contributed by atoms with Crippen molar-refractivity contribution >= 4 is 0 Å². The summed E-state index contributed by atoms with van der Waals surface area (Å²) in [6.07, 6.45) is 1.91. The number of aliphatic hydroxyl groups is 2. The second-order valence-electron chi connectivity index (χ2n) is 4.98. The van der Waals surface area contributed by atoms with Gasteiger partial charge in [0.2, 0.25) is 0 Å². The van der Waals surface area contributed by atoms with Gasteiger partial charge in [-0.3, -0.25) is 0 Å². The Balaban J connectivity index is 1.98. The van der Waals surface area contributed by atoms with Crippen molar-refractivity contribution in [1.29, 1.82) is 0 Å². The predicted octanol–water partition coefficient (Wildman–Crippen LogP) is 2.43. The van der Waals surface area contributed by atoms with E-state index in [1.807, 2.05) is 30.3 Å². The molecule has 0 amide bonds. The molecule has 1 saturated heterocycles. The fourth-order valence-electron chi connectivity index (χ4n) is 2.50. The van der Waals surface area contributed by atoms with E-state index in [1.165, 1.54) is 0 Å². The molecule has 3 nitrogen and oxygen atoms in total. The third-order valence-corrected chi connectivity index (χ3v) is 3.58. The number of benzene rings is 1. The van der Waals surface area contributed by atoms with Gasteiger partial charge in [-0.2, -0.15) is 0 Å². The third-order valence-electron chi connectivity index (χ3n) is 3.58. The number of unbranched alkanes of at least 4 members (excludes halogenated alkanes) is 2. The van der Waals surface area contributed by atoms with Crippen LogP contribution in [0.2, 0.25) is 0 Å². The molecule has 1 aromatic rings. The van der Waals surface area contributed by atoms with Gasteiger partial charge in [0.1, 0.15) is 18.3 Å². The van der Waals surface area contributed by atoms with E-state index in [4.69, 9.17) is 4.74 Å². The second-order valence-corrected chi connectivity index (χ2v) is 4.98. The zero-order valence-electron chi connectivity index (χ0n) is 10.8. The Morgan fingerprint density at radius 3 is 2.44 bits per heavy atom. The van der Waals surface area contributed by atoms with Gasteiger partial charge in [-0.25, -0.2) is 0 Å². The Morgan fingerprint density at radius 1 is 1.06 bits per heavy atom. The van der Waals surface area contributed by atoms with Crippen LogP contribution in [0.25, 0.3) is 0 Å². The first-order valence-corrected chi connectivity index (χ1v) is 6.80. The average Bonchev–Trinajstić information content (AvgIpc) is 2.68. The number of aliphatic hydroxyl groups excluding tert-OH is 2. The lowest BCUT2D eigenvalue weighted by atomic mass is 9.99. The lowest BCUT2D eigenvalue weighted by molar-refractivity contribution is 0.00189. The van der Waals surface area contributed by atoms with E-state index in [1.54, 1.807) is 0 Å². The SMILES string of the molecule is CCCCC[C@@H]1O[C@H](c2ccccc2)[C@@H](O)[C@@H]1O. The average molecular weight is 250 g/mol. The largest absolute Gasteiger partial charge is 0.388 e. The van der Waals surface area contributed by atoms with Crippen molar-refractivity contribution in [3.05, 3.63) is 35.9 Å². The Kier molecular flexibility index (Phi) is 4.75. The van der Waals surface area contributed by atoms with E-state index in [0.29, 0.717) is 0 Å². The van der Waals surface area contributed by atoms with Crippen molar-refractivity contribution in [2.24, 2.45) is 0 Å². The molecular formula is C15H22O3. The van der Waals surface area contributed by atoms with E-state index >= 15 is 0 Å². The van der Waals surface area contributed by atoms with Crippen LogP contribution >= 0.6 is 0 Å². The van der Waals surface area contributed by atoms with Crippen LogP contribution in [0.4, 0.5) is 0 Å². The number of ether oxygens (including phenoxy) is 1. The fourth-order valence-corrected chi connectivity index (χ4v) is 2.50. The van der Waals surface area contributed by atoms with Crippen molar-refractivity contribution in [2.45, 2.75) is 57.0 Å². The molecule has 1 heterocycles. The molecule has 0 radical (unpaired) electrons. The monoisotopic (exact) mass is 250 g/mol. The summed E-state index contributed by atoms with van der Waals surface area (Å²) in [5.41, 5.74) is 0.932. The maximum Gasteiger partial charge on any atom is 0.113 e. The number of hydrogen-bond acceptors (Lipinski definition) is 3. The lowest BCUT2D eigenvalue weighted by Gasteiger charge is -2.14. The molecule has 18 heavy (non-hydrogen) atoms.